The average molecular weight is 333 g/mol. The van der Waals surface area contributed by atoms with Crippen molar-refractivity contribution >= 4 is 29.2 Å². The van der Waals surface area contributed by atoms with Gasteiger partial charge in [0.2, 0.25) is 11.8 Å². The number of nitrogens with one attached hydrogen (secondary N) is 1. The lowest BCUT2D eigenvalue weighted by atomic mass is 10.2. The number of carboxylic acid groups (broad SMARTS) is 1. The Morgan fingerprint density at radius 1 is 1.21 bits per heavy atom. The smallest absolute Gasteiger partial charge is 0.304 e. The first-order chi connectivity index (χ1) is 11.5. The van der Waals surface area contributed by atoms with E-state index in [1.807, 2.05) is 17.0 Å². The number of benzene rings is 1. The van der Waals surface area contributed by atoms with Crippen LogP contribution in [0, 0.1) is 0 Å². The number of aliphatic carboxylic acids is 1. The third kappa shape index (κ3) is 5.34. The molecule has 2 rings (SSSR count). The van der Waals surface area contributed by atoms with E-state index in [9.17, 15) is 14.4 Å². The van der Waals surface area contributed by atoms with Crippen molar-refractivity contribution in [3.63, 3.8) is 0 Å². The van der Waals surface area contributed by atoms with Gasteiger partial charge in [-0.05, 0) is 37.7 Å². The fourth-order valence-electron chi connectivity index (χ4n) is 2.56. The SMILES string of the molecule is CN(CCC(=O)O)CCC(=O)Nc1ccc(N2CCCC2=O)cc1. The highest BCUT2D eigenvalue weighted by Gasteiger charge is 2.21. The summed E-state index contributed by atoms with van der Waals surface area (Å²) in [6, 6.07) is 7.23. The fourth-order valence-corrected chi connectivity index (χ4v) is 2.56. The van der Waals surface area contributed by atoms with Gasteiger partial charge in [-0.3, -0.25) is 14.4 Å². The Bertz CT molecular complexity index is 600. The Labute approximate surface area is 141 Å². The van der Waals surface area contributed by atoms with Crippen LogP contribution in [0.1, 0.15) is 25.7 Å². The van der Waals surface area contributed by atoms with Gasteiger partial charge in [-0.1, -0.05) is 0 Å². The molecular formula is C17H23N3O4. The van der Waals surface area contributed by atoms with E-state index in [0.717, 1.165) is 18.7 Å². The molecule has 1 aliphatic heterocycles. The molecule has 0 saturated carbocycles. The number of amides is 2. The number of carboxylic acids is 1. The normalized spacial score (nSPS) is 14.2. The van der Waals surface area contributed by atoms with Crippen molar-refractivity contribution < 1.29 is 19.5 Å². The molecule has 2 N–H and O–H groups in total. The van der Waals surface area contributed by atoms with Crippen molar-refractivity contribution in [1.29, 1.82) is 0 Å². The van der Waals surface area contributed by atoms with Crippen LogP contribution >= 0.6 is 0 Å². The van der Waals surface area contributed by atoms with Gasteiger partial charge < -0.3 is 20.2 Å². The number of carbonyl (C=O) groups excluding carboxylic acids is 2. The van der Waals surface area contributed by atoms with Crippen molar-refractivity contribution in [3.8, 4) is 0 Å². The third-order valence-corrected chi connectivity index (χ3v) is 3.96. The molecule has 0 aliphatic carbocycles. The minimum Gasteiger partial charge on any atom is -0.481 e. The first-order valence-corrected chi connectivity index (χ1v) is 8.06. The zero-order chi connectivity index (χ0) is 17.5. The number of anilines is 2. The van der Waals surface area contributed by atoms with E-state index in [1.54, 1.807) is 24.1 Å². The van der Waals surface area contributed by atoms with Crippen LogP contribution < -0.4 is 10.2 Å². The number of carbonyl (C=O) groups is 3. The molecule has 1 aromatic carbocycles. The molecule has 0 bridgehead atoms. The Morgan fingerprint density at radius 2 is 1.88 bits per heavy atom. The van der Waals surface area contributed by atoms with Crippen LogP contribution in [0.3, 0.4) is 0 Å². The number of hydrogen-bond acceptors (Lipinski definition) is 4. The molecule has 1 aromatic rings. The predicted molar refractivity (Wildman–Crippen MR) is 91.0 cm³/mol. The number of rotatable bonds is 8. The predicted octanol–water partition coefficient (Wildman–Crippen LogP) is 1.55. The molecule has 130 valence electrons. The lowest BCUT2D eigenvalue weighted by Gasteiger charge is -2.17. The van der Waals surface area contributed by atoms with Gasteiger partial charge >= 0.3 is 5.97 Å². The van der Waals surface area contributed by atoms with Gasteiger partial charge in [0, 0.05) is 43.9 Å². The van der Waals surface area contributed by atoms with Gasteiger partial charge in [-0.2, -0.15) is 0 Å². The summed E-state index contributed by atoms with van der Waals surface area (Å²) in [5.41, 5.74) is 1.53. The third-order valence-electron chi connectivity index (χ3n) is 3.96. The maximum absolute atomic E-state index is 11.9. The quantitative estimate of drug-likeness (QED) is 0.753. The molecule has 0 unspecified atom stereocenters. The summed E-state index contributed by atoms with van der Waals surface area (Å²) in [5.74, 6) is -0.832. The summed E-state index contributed by atoms with van der Waals surface area (Å²) in [5, 5.41) is 11.4. The summed E-state index contributed by atoms with van der Waals surface area (Å²) < 4.78 is 0. The summed E-state index contributed by atoms with van der Waals surface area (Å²) in [6.45, 7) is 1.66. The van der Waals surface area contributed by atoms with Crippen LogP contribution in [-0.4, -0.2) is 54.5 Å². The first kappa shape index (κ1) is 17.9. The molecule has 0 spiro atoms. The van der Waals surface area contributed by atoms with Crippen LogP contribution in [0.25, 0.3) is 0 Å². The number of hydrogen-bond donors (Lipinski definition) is 2. The highest BCUT2D eigenvalue weighted by atomic mass is 16.4. The van der Waals surface area contributed by atoms with E-state index in [-0.39, 0.29) is 18.2 Å². The van der Waals surface area contributed by atoms with Crippen molar-refractivity contribution in [1.82, 2.24) is 4.90 Å². The Balaban J connectivity index is 1.77. The van der Waals surface area contributed by atoms with Crippen LogP contribution in [0.15, 0.2) is 24.3 Å². The molecule has 7 heteroatoms. The van der Waals surface area contributed by atoms with Crippen molar-refractivity contribution in [2.75, 3.05) is 36.9 Å². The zero-order valence-corrected chi connectivity index (χ0v) is 13.8. The zero-order valence-electron chi connectivity index (χ0n) is 13.8. The summed E-state index contributed by atoms with van der Waals surface area (Å²) in [4.78, 5) is 37.7. The van der Waals surface area contributed by atoms with E-state index in [1.165, 1.54) is 0 Å². The highest BCUT2D eigenvalue weighted by molar-refractivity contribution is 5.96. The van der Waals surface area contributed by atoms with Gasteiger partial charge in [-0.15, -0.1) is 0 Å². The Kier molecular flexibility index (Phi) is 6.31. The summed E-state index contributed by atoms with van der Waals surface area (Å²) in [7, 11) is 1.79. The summed E-state index contributed by atoms with van der Waals surface area (Å²) >= 11 is 0. The fraction of sp³-hybridized carbons (Fsp3) is 0.471. The second kappa shape index (κ2) is 8.44. The molecule has 1 heterocycles. The van der Waals surface area contributed by atoms with Gasteiger partial charge in [0.05, 0.1) is 6.42 Å². The molecule has 0 atom stereocenters. The van der Waals surface area contributed by atoms with Crippen LogP contribution in [0.2, 0.25) is 0 Å². The highest BCUT2D eigenvalue weighted by Crippen LogP contribution is 2.23. The van der Waals surface area contributed by atoms with E-state index >= 15 is 0 Å². The van der Waals surface area contributed by atoms with Crippen molar-refractivity contribution in [2.24, 2.45) is 0 Å². The second-order valence-electron chi connectivity index (χ2n) is 5.94. The minimum absolute atomic E-state index is 0.0643. The molecular weight excluding hydrogens is 310 g/mol. The van der Waals surface area contributed by atoms with E-state index in [2.05, 4.69) is 5.32 Å². The topological polar surface area (TPSA) is 89.9 Å². The van der Waals surface area contributed by atoms with Gasteiger partial charge in [0.25, 0.3) is 0 Å². The maximum atomic E-state index is 11.9. The molecule has 1 fully saturated rings. The molecule has 1 aliphatic rings. The molecule has 7 nitrogen and oxygen atoms in total. The van der Waals surface area contributed by atoms with E-state index < -0.39 is 5.97 Å². The first-order valence-electron chi connectivity index (χ1n) is 8.06. The van der Waals surface area contributed by atoms with Crippen LogP contribution in [0.4, 0.5) is 11.4 Å². The van der Waals surface area contributed by atoms with Gasteiger partial charge in [0.1, 0.15) is 0 Å². The van der Waals surface area contributed by atoms with Crippen molar-refractivity contribution in [2.45, 2.75) is 25.7 Å². The standard InChI is InChI=1S/C17H23N3O4/c1-19(12-9-17(23)24)11-8-15(21)18-13-4-6-14(7-5-13)20-10-2-3-16(20)22/h4-7H,2-3,8-12H2,1H3,(H,18,21)(H,23,24). The van der Waals surface area contributed by atoms with Crippen LogP contribution in [-0.2, 0) is 14.4 Å². The molecule has 0 radical (unpaired) electrons. The number of nitrogens with zero attached hydrogens (tertiary/aromatic N) is 2. The largest absolute Gasteiger partial charge is 0.481 e. The van der Waals surface area contributed by atoms with Crippen LogP contribution in [0.5, 0.6) is 0 Å². The summed E-state index contributed by atoms with van der Waals surface area (Å²) in [6.07, 6.45) is 1.83. The minimum atomic E-state index is -0.845. The average Bonchev–Trinajstić information content (AvgIpc) is 2.98. The molecule has 24 heavy (non-hydrogen) atoms. The monoisotopic (exact) mass is 333 g/mol. The molecule has 2 amide bonds. The van der Waals surface area contributed by atoms with Gasteiger partial charge in [0.15, 0.2) is 0 Å². The van der Waals surface area contributed by atoms with E-state index in [4.69, 9.17) is 5.11 Å². The lowest BCUT2D eigenvalue weighted by molar-refractivity contribution is -0.137. The molecule has 0 aromatic heterocycles. The van der Waals surface area contributed by atoms with Crippen molar-refractivity contribution in [3.05, 3.63) is 24.3 Å². The second-order valence-corrected chi connectivity index (χ2v) is 5.94. The van der Waals surface area contributed by atoms with E-state index in [0.29, 0.717) is 31.6 Å². The Hall–Kier alpha value is -2.41. The van der Waals surface area contributed by atoms with Gasteiger partial charge in [-0.25, -0.2) is 0 Å². The molecule has 1 saturated heterocycles. The maximum Gasteiger partial charge on any atom is 0.304 e. The lowest BCUT2D eigenvalue weighted by Crippen LogP contribution is -2.26. The Morgan fingerprint density at radius 3 is 2.46 bits per heavy atom.